The fourth-order valence-corrected chi connectivity index (χ4v) is 2.25. The monoisotopic (exact) mass is 458 g/mol. The average molecular weight is 459 g/mol. The minimum absolute atomic E-state index is 0.445. The van der Waals surface area contributed by atoms with Crippen molar-refractivity contribution in [1.29, 1.82) is 0 Å². The molecule has 33 heavy (non-hydrogen) atoms. The van der Waals surface area contributed by atoms with Crippen molar-refractivity contribution in [2.75, 3.05) is 14.1 Å². The molecule has 0 atom stereocenters. The van der Waals surface area contributed by atoms with Gasteiger partial charge in [-0.25, -0.2) is 0 Å². The molecule has 2 aromatic rings. The first-order chi connectivity index (χ1) is 15.9. The van der Waals surface area contributed by atoms with Gasteiger partial charge in [0.05, 0.1) is 38.0 Å². The van der Waals surface area contributed by atoms with Crippen LogP contribution in [0.15, 0.2) is 48.5 Å². The lowest BCUT2D eigenvalue weighted by atomic mass is 10.2. The molecule has 0 aromatic heterocycles. The van der Waals surface area contributed by atoms with Gasteiger partial charge in [-0.2, -0.15) is 0 Å². The van der Waals surface area contributed by atoms with E-state index < -0.39 is 6.29 Å². The Balaban J connectivity index is -0.000000882. The van der Waals surface area contributed by atoms with Gasteiger partial charge in [-0.3, -0.25) is 9.15 Å². The normalized spacial score (nSPS) is 8.48. The maximum absolute atomic E-state index is 5.96. The quantitative estimate of drug-likeness (QED) is 0.175. The summed E-state index contributed by atoms with van der Waals surface area (Å²) in [4.78, 5) is 0. The molecule has 0 heterocycles. The summed E-state index contributed by atoms with van der Waals surface area (Å²) in [5.41, 5.74) is 1.89. The third kappa shape index (κ3) is 17.4. The summed E-state index contributed by atoms with van der Waals surface area (Å²) in [6.07, 6.45) is 0.805. The van der Waals surface area contributed by atoms with Crippen molar-refractivity contribution < 1.29 is 18.6 Å². The Morgan fingerprint density at radius 1 is 0.697 bits per heavy atom. The third-order valence-corrected chi connectivity index (χ3v) is 3.14. The standard InChI is InChI=1S/C20H24N2O2.C3H8.3C2H6/c1-16(23-19-12-8-6-10-17(19)14-21(2)3)24-20-13-9-7-11-18(20)15-22(4)5;1-3-2;3*1-2/h6-16H,2,4H2,1,3,5H3;3H2,1-2H3;3*1-2H3. The molecule has 2 aromatic carbocycles. The Bertz CT molecular complexity index is 680. The van der Waals surface area contributed by atoms with Crippen LogP contribution in [0.5, 0.6) is 11.5 Å². The molecule has 0 radical (unpaired) electrons. The van der Waals surface area contributed by atoms with Crippen LogP contribution in [0.3, 0.4) is 0 Å². The smallest absolute Gasteiger partial charge is 0.218 e. The SMILES string of the molecule is C=[N+](C)[CH-]c1ccccc1OC(C)Oc1ccccc1[CH-][N+](=C)C.CC.CC.CC.CCC. The van der Waals surface area contributed by atoms with E-state index in [0.29, 0.717) is 0 Å². The van der Waals surface area contributed by atoms with E-state index in [1.54, 1.807) is 9.15 Å². The van der Waals surface area contributed by atoms with Crippen molar-refractivity contribution in [2.24, 2.45) is 0 Å². The van der Waals surface area contributed by atoms with E-state index in [4.69, 9.17) is 9.47 Å². The minimum Gasteiger partial charge on any atom is -0.502 e. The molecule has 0 aliphatic carbocycles. The Morgan fingerprint density at radius 2 is 0.970 bits per heavy atom. The Labute approximate surface area is 205 Å². The largest absolute Gasteiger partial charge is 0.502 e. The molecule has 0 aliphatic heterocycles. The molecule has 0 saturated carbocycles. The fourth-order valence-electron chi connectivity index (χ4n) is 2.25. The van der Waals surface area contributed by atoms with Crippen LogP contribution in [0.25, 0.3) is 0 Å². The zero-order chi connectivity index (χ0) is 26.2. The van der Waals surface area contributed by atoms with E-state index in [-0.39, 0.29) is 0 Å². The van der Waals surface area contributed by atoms with Crippen molar-refractivity contribution >= 4 is 13.4 Å². The summed E-state index contributed by atoms with van der Waals surface area (Å²) < 4.78 is 15.4. The van der Waals surface area contributed by atoms with Gasteiger partial charge in [-0.05, 0) is 11.1 Å². The Kier molecular flexibility index (Phi) is 25.0. The molecule has 0 unspecified atom stereocenters. The van der Waals surface area contributed by atoms with E-state index in [9.17, 15) is 0 Å². The molecule has 0 N–H and O–H groups in total. The van der Waals surface area contributed by atoms with Gasteiger partial charge in [0, 0.05) is 6.92 Å². The van der Waals surface area contributed by atoms with Crippen molar-refractivity contribution in [3.05, 3.63) is 72.7 Å². The number of benzene rings is 2. The summed E-state index contributed by atoms with van der Waals surface area (Å²) in [7, 11) is 3.75. The zero-order valence-corrected chi connectivity index (χ0v) is 23.2. The number of hydrogen-bond donors (Lipinski definition) is 0. The first-order valence-electron chi connectivity index (χ1n) is 12.1. The van der Waals surface area contributed by atoms with Crippen molar-refractivity contribution in [1.82, 2.24) is 0 Å². The van der Waals surface area contributed by atoms with E-state index in [1.165, 1.54) is 6.42 Å². The summed E-state index contributed by atoms with van der Waals surface area (Å²) in [6, 6.07) is 15.6. The van der Waals surface area contributed by atoms with Gasteiger partial charge in [0.2, 0.25) is 6.29 Å². The van der Waals surface area contributed by atoms with Crippen LogP contribution in [0.4, 0.5) is 0 Å². The molecule has 4 heteroatoms. The topological polar surface area (TPSA) is 24.5 Å². The Hall–Kier alpha value is -2.88. The van der Waals surface area contributed by atoms with Crippen molar-refractivity contribution in [3.8, 4) is 11.5 Å². The second kappa shape index (κ2) is 23.8. The van der Waals surface area contributed by atoms with E-state index >= 15 is 0 Å². The predicted octanol–water partition coefficient (Wildman–Crippen LogP) is 7.69. The van der Waals surface area contributed by atoms with E-state index in [1.807, 2.05) is 124 Å². The summed E-state index contributed by atoms with van der Waals surface area (Å²) in [5, 5.41) is 0. The van der Waals surface area contributed by atoms with Gasteiger partial charge in [0.25, 0.3) is 0 Å². The highest BCUT2D eigenvalue weighted by Gasteiger charge is 2.08. The van der Waals surface area contributed by atoms with E-state index in [2.05, 4.69) is 27.3 Å². The first kappa shape index (κ1) is 34.7. The molecule has 2 rings (SSSR count). The molecule has 0 aliphatic rings. The van der Waals surface area contributed by atoms with Gasteiger partial charge in [-0.15, -0.1) is 24.3 Å². The van der Waals surface area contributed by atoms with Crippen LogP contribution in [0.2, 0.25) is 0 Å². The summed E-state index contributed by atoms with van der Waals surface area (Å²) >= 11 is 0. The second-order valence-electron chi connectivity index (χ2n) is 6.36. The predicted molar refractivity (Wildman–Crippen MR) is 147 cm³/mol. The molecule has 4 nitrogen and oxygen atoms in total. The van der Waals surface area contributed by atoms with Gasteiger partial charge in [0.15, 0.2) is 0 Å². The maximum atomic E-state index is 5.96. The Morgan fingerprint density at radius 3 is 1.24 bits per heavy atom. The van der Waals surface area contributed by atoms with Crippen LogP contribution in [-0.4, -0.2) is 43.0 Å². The number of para-hydroxylation sites is 2. The van der Waals surface area contributed by atoms with Crippen LogP contribution in [0, 0.1) is 13.1 Å². The van der Waals surface area contributed by atoms with Crippen LogP contribution in [0.1, 0.15) is 79.9 Å². The molecule has 188 valence electrons. The second-order valence-corrected chi connectivity index (χ2v) is 6.36. The average Bonchev–Trinajstić information content (AvgIpc) is 2.80. The molecule has 0 amide bonds. The highest BCUT2D eigenvalue weighted by atomic mass is 16.7. The molecule has 0 saturated heterocycles. The highest BCUT2D eigenvalue weighted by molar-refractivity contribution is 5.39. The number of nitrogens with zero attached hydrogens (tertiary/aromatic N) is 2. The number of ether oxygens (including phenoxy) is 2. The van der Waals surface area contributed by atoms with Gasteiger partial charge < -0.3 is 9.47 Å². The summed E-state index contributed by atoms with van der Waals surface area (Å²) in [6.45, 7) is 29.6. The van der Waals surface area contributed by atoms with Crippen LogP contribution < -0.4 is 9.47 Å². The first-order valence-corrected chi connectivity index (χ1v) is 12.1. The van der Waals surface area contributed by atoms with Gasteiger partial charge in [0.1, 0.15) is 14.1 Å². The van der Waals surface area contributed by atoms with Gasteiger partial charge in [-0.1, -0.05) is 86.1 Å². The summed E-state index contributed by atoms with van der Waals surface area (Å²) in [5.74, 6) is 1.49. The number of hydrogen-bond acceptors (Lipinski definition) is 2. The van der Waals surface area contributed by atoms with Gasteiger partial charge >= 0.3 is 0 Å². The van der Waals surface area contributed by atoms with Crippen molar-refractivity contribution in [2.45, 2.75) is 75.0 Å². The lowest BCUT2D eigenvalue weighted by molar-refractivity contribution is -0.438. The third-order valence-electron chi connectivity index (χ3n) is 3.14. The molecule has 0 bridgehead atoms. The minimum atomic E-state index is -0.445. The van der Waals surface area contributed by atoms with Crippen molar-refractivity contribution in [3.63, 3.8) is 0 Å². The van der Waals surface area contributed by atoms with E-state index in [0.717, 1.165) is 22.6 Å². The van der Waals surface area contributed by atoms with Crippen LogP contribution >= 0.6 is 0 Å². The molecular weight excluding hydrogens is 408 g/mol. The van der Waals surface area contributed by atoms with Crippen LogP contribution in [-0.2, 0) is 0 Å². The molecular formula is C29H50N2O2. The lowest BCUT2D eigenvalue weighted by Gasteiger charge is -2.24. The lowest BCUT2D eigenvalue weighted by Crippen LogP contribution is -2.21. The molecule has 0 spiro atoms. The number of rotatable bonds is 8. The fraction of sp³-hybridized carbons (Fsp3) is 0.448. The molecule has 0 fully saturated rings. The highest BCUT2D eigenvalue weighted by Crippen LogP contribution is 2.24. The zero-order valence-electron chi connectivity index (χ0n) is 23.2. The maximum Gasteiger partial charge on any atom is 0.218 e.